The number of hydrogen-bond donors (Lipinski definition) is 0. The van der Waals surface area contributed by atoms with Gasteiger partial charge in [0.2, 0.25) is 0 Å². The molecule has 3 rings (SSSR count). The predicted molar refractivity (Wildman–Crippen MR) is 96.1 cm³/mol. The third-order valence-corrected chi connectivity index (χ3v) is 7.21. The molecule has 29 heavy (non-hydrogen) atoms. The predicted octanol–water partition coefficient (Wildman–Crippen LogP) is 2.95. The molecule has 13 heteroatoms. The average molecular weight is 458 g/mol. The molecule has 0 unspecified atom stereocenters. The maximum atomic E-state index is 13.5. The second kappa shape index (κ2) is 7.67. The summed E-state index contributed by atoms with van der Waals surface area (Å²) in [5, 5.41) is 3.46. The van der Waals surface area contributed by atoms with Crippen molar-refractivity contribution < 1.29 is 40.0 Å². The number of nitrogens with zero attached hydrogens (tertiary/aromatic N) is 2. The lowest BCUT2D eigenvalue weighted by molar-refractivity contribution is -0.249. The number of halogens is 5. The lowest BCUT2D eigenvalue weighted by Gasteiger charge is -2.27. The van der Waals surface area contributed by atoms with Gasteiger partial charge in [0.1, 0.15) is 0 Å². The summed E-state index contributed by atoms with van der Waals surface area (Å²) in [7, 11) is -3.01. The monoisotopic (exact) mass is 458 g/mol. The first-order valence-electron chi connectivity index (χ1n) is 8.40. The first-order valence-corrected chi connectivity index (χ1v) is 11.0. The van der Waals surface area contributed by atoms with Crippen molar-refractivity contribution in [1.29, 1.82) is 0 Å². The van der Waals surface area contributed by atoms with Crippen LogP contribution in [0.1, 0.15) is 11.3 Å². The summed E-state index contributed by atoms with van der Waals surface area (Å²) >= 11 is 1.36. The van der Waals surface area contributed by atoms with Crippen molar-refractivity contribution in [3.8, 4) is 0 Å². The number of anilines is 1. The molecule has 0 saturated carbocycles. The molecule has 0 atom stereocenters. The fourth-order valence-corrected chi connectivity index (χ4v) is 5.06. The van der Waals surface area contributed by atoms with Crippen LogP contribution in [0.5, 0.6) is 0 Å². The lowest BCUT2D eigenvalue weighted by Crippen LogP contribution is -2.44. The molecule has 2 aliphatic rings. The number of alkyl halides is 5. The van der Waals surface area contributed by atoms with Gasteiger partial charge < -0.3 is 9.74 Å². The van der Waals surface area contributed by atoms with Gasteiger partial charge in [-0.1, -0.05) is 11.2 Å². The molecule has 0 aliphatic carbocycles. The smallest absolute Gasteiger partial charge is 0.361 e. The van der Waals surface area contributed by atoms with Crippen LogP contribution in [0.4, 0.5) is 27.0 Å². The van der Waals surface area contributed by atoms with E-state index < -0.39 is 39.2 Å². The van der Waals surface area contributed by atoms with E-state index in [0.29, 0.717) is 19.5 Å². The lowest BCUT2D eigenvalue weighted by atomic mass is 10.0. The van der Waals surface area contributed by atoms with E-state index in [-0.39, 0.29) is 17.9 Å². The van der Waals surface area contributed by atoms with Crippen LogP contribution in [0.3, 0.4) is 0 Å². The van der Waals surface area contributed by atoms with Gasteiger partial charge in [-0.3, -0.25) is 0 Å². The number of carbonyl (C=O) groups is 1. The number of thiophene rings is 1. The molecule has 1 saturated heterocycles. The SMILES string of the molecule is O=C1ON=C(C(F)(F)C(F)(F)F)/C1=C/CCc1ccc(N2CCS(=O)(=O)CC2)s1. The number of allylic oxidation sites excluding steroid dienone is 1. The van der Waals surface area contributed by atoms with Gasteiger partial charge in [0.25, 0.3) is 0 Å². The Morgan fingerprint density at radius 3 is 2.45 bits per heavy atom. The fraction of sp³-hybridized carbons (Fsp3) is 0.500. The van der Waals surface area contributed by atoms with Gasteiger partial charge in [-0.05, 0) is 25.0 Å². The Morgan fingerprint density at radius 2 is 1.83 bits per heavy atom. The van der Waals surface area contributed by atoms with E-state index in [1.807, 2.05) is 4.90 Å². The summed E-state index contributed by atoms with van der Waals surface area (Å²) in [6.07, 6.45) is -4.63. The molecule has 0 amide bonds. The summed E-state index contributed by atoms with van der Waals surface area (Å²) in [5.41, 5.74) is -2.64. The van der Waals surface area contributed by atoms with E-state index in [9.17, 15) is 35.2 Å². The van der Waals surface area contributed by atoms with Crippen LogP contribution < -0.4 is 4.90 Å². The normalized spacial score (nSPS) is 21.4. The zero-order valence-corrected chi connectivity index (χ0v) is 16.3. The highest BCUT2D eigenvalue weighted by atomic mass is 32.2. The van der Waals surface area contributed by atoms with Crippen molar-refractivity contribution in [1.82, 2.24) is 0 Å². The van der Waals surface area contributed by atoms with Crippen LogP contribution in [0.25, 0.3) is 0 Å². The quantitative estimate of drug-likeness (QED) is 0.385. The molecular formula is C16H15F5N2O4S2. The van der Waals surface area contributed by atoms with Crippen molar-refractivity contribution >= 4 is 37.9 Å². The molecule has 6 nitrogen and oxygen atoms in total. The van der Waals surface area contributed by atoms with Crippen LogP contribution >= 0.6 is 11.3 Å². The molecule has 0 spiro atoms. The minimum absolute atomic E-state index is 0.0196. The second-order valence-electron chi connectivity index (χ2n) is 6.43. The number of hydrogen-bond acceptors (Lipinski definition) is 7. The Bertz CT molecular complexity index is 952. The highest BCUT2D eigenvalue weighted by Gasteiger charge is 2.64. The molecule has 1 fully saturated rings. The Hall–Kier alpha value is -2.02. The van der Waals surface area contributed by atoms with E-state index >= 15 is 0 Å². The highest BCUT2D eigenvalue weighted by Crippen LogP contribution is 2.40. The maximum Gasteiger partial charge on any atom is 0.459 e. The summed E-state index contributed by atoms with van der Waals surface area (Å²) in [6.45, 7) is 0.731. The first kappa shape index (κ1) is 21.7. The van der Waals surface area contributed by atoms with Crippen molar-refractivity contribution in [2.24, 2.45) is 5.16 Å². The van der Waals surface area contributed by atoms with E-state index in [4.69, 9.17) is 0 Å². The fourth-order valence-electron chi connectivity index (χ4n) is 2.79. The summed E-state index contributed by atoms with van der Waals surface area (Å²) < 4.78 is 87.6. The topological polar surface area (TPSA) is 76.0 Å². The Kier molecular flexibility index (Phi) is 5.73. The molecule has 0 radical (unpaired) electrons. The van der Waals surface area contributed by atoms with Crippen LogP contribution in [0, 0.1) is 0 Å². The Morgan fingerprint density at radius 1 is 1.17 bits per heavy atom. The molecule has 1 aromatic rings. The van der Waals surface area contributed by atoms with Crippen molar-refractivity contribution in [3.05, 3.63) is 28.7 Å². The first-order chi connectivity index (χ1) is 13.4. The minimum atomic E-state index is -5.90. The summed E-state index contributed by atoms with van der Waals surface area (Å²) in [6, 6.07) is 3.55. The van der Waals surface area contributed by atoms with Gasteiger partial charge in [0.15, 0.2) is 15.5 Å². The number of carbonyl (C=O) groups excluding carboxylic acids is 1. The third kappa shape index (κ3) is 4.60. The zero-order chi connectivity index (χ0) is 21.4. The van der Waals surface area contributed by atoms with E-state index in [1.165, 1.54) is 11.3 Å². The van der Waals surface area contributed by atoms with Crippen molar-refractivity contribution in [3.63, 3.8) is 0 Å². The summed E-state index contributed by atoms with van der Waals surface area (Å²) in [4.78, 5) is 18.2. The van der Waals surface area contributed by atoms with Gasteiger partial charge in [-0.25, -0.2) is 13.2 Å². The molecular weight excluding hydrogens is 443 g/mol. The van der Waals surface area contributed by atoms with Gasteiger partial charge in [0.05, 0.1) is 22.1 Å². The Labute approximate surface area is 166 Å². The Balaban J connectivity index is 1.65. The van der Waals surface area contributed by atoms with E-state index in [1.54, 1.807) is 12.1 Å². The molecule has 0 bridgehead atoms. The van der Waals surface area contributed by atoms with Crippen LogP contribution in [-0.2, 0) is 25.9 Å². The number of rotatable bonds is 5. The third-order valence-electron chi connectivity index (χ3n) is 4.39. The van der Waals surface area contributed by atoms with Gasteiger partial charge in [0, 0.05) is 18.0 Å². The second-order valence-corrected chi connectivity index (χ2v) is 9.88. The van der Waals surface area contributed by atoms with Gasteiger partial charge in [-0.15, -0.1) is 11.3 Å². The van der Waals surface area contributed by atoms with Crippen LogP contribution in [0.2, 0.25) is 0 Å². The summed E-state index contributed by atoms with van der Waals surface area (Å²) in [5.74, 6) is -6.53. The maximum absolute atomic E-state index is 13.5. The van der Waals surface area contributed by atoms with Crippen LogP contribution in [0.15, 0.2) is 28.9 Å². The van der Waals surface area contributed by atoms with Gasteiger partial charge >= 0.3 is 18.1 Å². The number of oxime groups is 1. The molecule has 0 aromatic carbocycles. The largest absolute Gasteiger partial charge is 0.459 e. The van der Waals surface area contributed by atoms with Crippen LogP contribution in [-0.4, -0.2) is 56.8 Å². The molecule has 2 aliphatic heterocycles. The molecule has 1 aromatic heterocycles. The minimum Gasteiger partial charge on any atom is -0.361 e. The number of aryl methyl sites for hydroxylation is 1. The highest BCUT2D eigenvalue weighted by molar-refractivity contribution is 7.91. The molecule has 160 valence electrons. The number of sulfone groups is 1. The molecule has 0 N–H and O–H groups in total. The molecule has 3 heterocycles. The van der Waals surface area contributed by atoms with Crippen molar-refractivity contribution in [2.45, 2.75) is 24.9 Å². The van der Waals surface area contributed by atoms with E-state index in [0.717, 1.165) is 16.0 Å². The van der Waals surface area contributed by atoms with E-state index in [2.05, 4.69) is 9.99 Å². The standard InChI is InChI=1S/C16H15F5N2O4S2/c17-15(18,16(19,20)21)13-11(14(24)27-22-13)3-1-2-10-4-5-12(28-10)23-6-8-29(25,26)9-7-23/h3-5H,1-2,6-9H2/b11-3-. The zero-order valence-electron chi connectivity index (χ0n) is 14.7. The van der Waals surface area contributed by atoms with Crippen molar-refractivity contribution in [2.75, 3.05) is 29.5 Å². The van der Waals surface area contributed by atoms with Gasteiger partial charge in [-0.2, -0.15) is 22.0 Å². The average Bonchev–Trinajstić information content (AvgIpc) is 3.22.